The third kappa shape index (κ3) is 4.20. The van der Waals surface area contributed by atoms with Crippen LogP contribution in [0.25, 0.3) is 17.0 Å². The van der Waals surface area contributed by atoms with Gasteiger partial charge in [0.15, 0.2) is 6.04 Å². The fraction of sp³-hybridized carbons (Fsp3) is 0.273. The van der Waals surface area contributed by atoms with E-state index < -0.39 is 10.7 Å². The second kappa shape index (κ2) is 8.35. The number of piperazine rings is 1. The number of aromatic nitrogens is 1. The Morgan fingerprint density at radius 3 is 2.97 bits per heavy atom. The minimum atomic E-state index is -0.649. The molecule has 0 bridgehead atoms. The molecule has 2 N–H and O–H groups in total. The van der Waals surface area contributed by atoms with Crippen LogP contribution in [0, 0.1) is 5.21 Å². The lowest BCUT2D eigenvalue weighted by atomic mass is 10.1. The lowest BCUT2D eigenvalue weighted by molar-refractivity contribution is -0.892. The Balaban J connectivity index is 1.43. The molecule has 0 spiro atoms. The number of rotatable bonds is 5. The van der Waals surface area contributed by atoms with Crippen LogP contribution in [0.15, 0.2) is 48.7 Å². The molecule has 8 heteroatoms. The Bertz CT molecular complexity index is 1120. The number of carbonyl (C=O) groups excluding carboxylic acids is 1. The number of anilines is 1. The molecular formula is C22H23ClN4O2S. The maximum atomic E-state index is 13.3. The van der Waals surface area contributed by atoms with Crippen molar-refractivity contribution in [3.05, 3.63) is 68.7 Å². The number of halogens is 1. The SMILES string of the molecule is C[C@H]1C(=O)N(Cc2ccc3c(N)ccnc3c2)CC[N+]1([O-])CC=Cc1ccc(Cl)s1. The van der Waals surface area contributed by atoms with E-state index in [1.54, 1.807) is 24.1 Å². The summed E-state index contributed by atoms with van der Waals surface area (Å²) in [4.78, 5) is 20.1. The summed E-state index contributed by atoms with van der Waals surface area (Å²) in [6.07, 6.45) is 5.41. The first-order valence-electron chi connectivity index (χ1n) is 9.77. The van der Waals surface area contributed by atoms with Crippen LogP contribution < -0.4 is 5.73 Å². The lowest BCUT2D eigenvalue weighted by Gasteiger charge is -2.51. The molecule has 1 amide bonds. The molecule has 30 heavy (non-hydrogen) atoms. The van der Waals surface area contributed by atoms with Crippen LogP contribution in [0.1, 0.15) is 17.4 Å². The number of thiophene rings is 1. The van der Waals surface area contributed by atoms with E-state index in [1.165, 1.54) is 11.3 Å². The van der Waals surface area contributed by atoms with Crippen molar-refractivity contribution in [2.75, 3.05) is 25.4 Å². The molecule has 1 aliphatic rings. The Kier molecular flexibility index (Phi) is 5.79. The molecule has 6 nitrogen and oxygen atoms in total. The quantitative estimate of drug-likeness (QED) is 0.472. The maximum Gasteiger partial charge on any atom is 0.281 e. The second-order valence-electron chi connectivity index (χ2n) is 7.59. The van der Waals surface area contributed by atoms with Gasteiger partial charge < -0.3 is 20.5 Å². The van der Waals surface area contributed by atoms with Crippen molar-refractivity contribution in [2.24, 2.45) is 0 Å². The molecule has 0 aliphatic carbocycles. The minimum absolute atomic E-state index is 0.121. The number of quaternary nitrogens is 1. The van der Waals surface area contributed by atoms with Gasteiger partial charge in [-0.1, -0.05) is 23.7 Å². The largest absolute Gasteiger partial charge is 0.632 e. The van der Waals surface area contributed by atoms with Gasteiger partial charge >= 0.3 is 0 Å². The van der Waals surface area contributed by atoms with E-state index in [-0.39, 0.29) is 12.5 Å². The van der Waals surface area contributed by atoms with E-state index in [0.717, 1.165) is 21.3 Å². The number of hydrogen-bond acceptors (Lipinski definition) is 5. The zero-order chi connectivity index (χ0) is 21.3. The zero-order valence-electron chi connectivity index (χ0n) is 16.6. The van der Waals surface area contributed by atoms with Crippen LogP contribution in [-0.4, -0.2) is 46.1 Å². The average molecular weight is 443 g/mol. The predicted octanol–water partition coefficient (Wildman–Crippen LogP) is 4.29. The third-order valence-electron chi connectivity index (χ3n) is 5.63. The highest BCUT2D eigenvalue weighted by atomic mass is 35.5. The highest BCUT2D eigenvalue weighted by Crippen LogP contribution is 2.26. The number of carbonyl (C=O) groups is 1. The number of nitrogens with two attached hydrogens (primary N) is 1. The minimum Gasteiger partial charge on any atom is -0.632 e. The van der Waals surface area contributed by atoms with Crippen LogP contribution in [0.3, 0.4) is 0 Å². The van der Waals surface area contributed by atoms with Crippen molar-refractivity contribution in [3.63, 3.8) is 0 Å². The number of amides is 1. The smallest absolute Gasteiger partial charge is 0.281 e. The Morgan fingerprint density at radius 2 is 2.20 bits per heavy atom. The molecule has 1 aliphatic heterocycles. The molecule has 2 aromatic heterocycles. The van der Waals surface area contributed by atoms with Crippen molar-refractivity contribution < 1.29 is 9.44 Å². The standard InChI is InChI=1S/C22H23ClN4O2S/c1-15-22(28)26(14-16-4-6-18-19(24)8-9-25-20(18)13-16)10-12-27(15,29)11-2-3-17-5-7-21(23)30-17/h2-9,13,15H,10-12,14H2,1H3,(H2,24,25)/t15-,27?/m0/s1. The number of nitrogens with zero attached hydrogens (tertiary/aromatic N) is 3. The topological polar surface area (TPSA) is 82.3 Å². The number of nitrogen functional groups attached to an aromatic ring is 1. The zero-order valence-corrected chi connectivity index (χ0v) is 18.2. The van der Waals surface area contributed by atoms with Crippen LogP contribution in [-0.2, 0) is 11.3 Å². The fourth-order valence-corrected chi connectivity index (χ4v) is 4.76. The maximum absolute atomic E-state index is 13.3. The van der Waals surface area contributed by atoms with Crippen molar-refractivity contribution in [2.45, 2.75) is 19.5 Å². The van der Waals surface area contributed by atoms with Crippen LogP contribution >= 0.6 is 22.9 Å². The average Bonchev–Trinajstić information content (AvgIpc) is 3.14. The van der Waals surface area contributed by atoms with Crippen molar-refractivity contribution in [3.8, 4) is 0 Å². The van der Waals surface area contributed by atoms with Crippen molar-refractivity contribution in [1.82, 2.24) is 9.88 Å². The van der Waals surface area contributed by atoms with E-state index in [0.29, 0.717) is 29.7 Å². The molecule has 3 aromatic rings. The summed E-state index contributed by atoms with van der Waals surface area (Å²) in [5.41, 5.74) is 8.44. The first kappa shape index (κ1) is 20.8. The molecule has 1 unspecified atom stereocenters. The first-order valence-corrected chi connectivity index (χ1v) is 11.0. The lowest BCUT2D eigenvalue weighted by Crippen LogP contribution is -2.64. The fourth-order valence-electron chi connectivity index (χ4n) is 3.77. The van der Waals surface area contributed by atoms with E-state index in [9.17, 15) is 10.0 Å². The van der Waals surface area contributed by atoms with Crippen LogP contribution in [0.2, 0.25) is 4.34 Å². The van der Waals surface area contributed by atoms with Crippen molar-refractivity contribution >= 4 is 51.5 Å². The van der Waals surface area contributed by atoms with Gasteiger partial charge in [0.1, 0.15) is 0 Å². The molecule has 1 saturated heterocycles. The number of fused-ring (bicyclic) bond motifs is 1. The number of benzene rings is 1. The van der Waals surface area contributed by atoms with Crippen LogP contribution in [0.5, 0.6) is 0 Å². The molecule has 1 aromatic carbocycles. The van der Waals surface area contributed by atoms with Gasteiger partial charge in [0.05, 0.1) is 29.5 Å². The van der Waals surface area contributed by atoms with Gasteiger partial charge in [-0.25, -0.2) is 0 Å². The van der Waals surface area contributed by atoms with Gasteiger partial charge in [-0.2, -0.15) is 0 Å². The van der Waals surface area contributed by atoms with E-state index >= 15 is 0 Å². The summed E-state index contributed by atoms with van der Waals surface area (Å²) in [6, 6.07) is 10.7. The normalized spacial score (nSPS) is 22.3. The summed E-state index contributed by atoms with van der Waals surface area (Å²) in [6.45, 7) is 3.23. The number of hydrogen-bond donors (Lipinski definition) is 1. The Morgan fingerprint density at radius 1 is 1.37 bits per heavy atom. The van der Waals surface area contributed by atoms with Gasteiger partial charge in [0.25, 0.3) is 5.91 Å². The Hall–Kier alpha value is -2.45. The molecule has 1 fully saturated rings. The predicted molar refractivity (Wildman–Crippen MR) is 123 cm³/mol. The van der Waals surface area contributed by atoms with Gasteiger partial charge in [-0.3, -0.25) is 9.78 Å². The van der Waals surface area contributed by atoms with Gasteiger partial charge in [0.2, 0.25) is 0 Å². The first-order chi connectivity index (χ1) is 14.4. The number of pyridine rings is 1. The molecule has 4 rings (SSSR count). The van der Waals surface area contributed by atoms with E-state index in [2.05, 4.69) is 4.98 Å². The van der Waals surface area contributed by atoms with Gasteiger partial charge in [-0.05, 0) is 48.9 Å². The monoisotopic (exact) mass is 442 g/mol. The summed E-state index contributed by atoms with van der Waals surface area (Å²) < 4.78 is 0.171. The molecule has 0 saturated carbocycles. The summed E-state index contributed by atoms with van der Waals surface area (Å²) >= 11 is 7.40. The molecule has 3 heterocycles. The van der Waals surface area contributed by atoms with Crippen molar-refractivity contribution in [1.29, 1.82) is 0 Å². The van der Waals surface area contributed by atoms with Crippen LogP contribution in [0.4, 0.5) is 5.69 Å². The van der Waals surface area contributed by atoms with E-state index in [4.69, 9.17) is 17.3 Å². The molecular weight excluding hydrogens is 420 g/mol. The molecule has 156 valence electrons. The van der Waals surface area contributed by atoms with Gasteiger partial charge in [0, 0.05) is 28.7 Å². The number of hydroxylamine groups is 3. The third-order valence-corrected chi connectivity index (χ3v) is 6.82. The highest BCUT2D eigenvalue weighted by Gasteiger charge is 2.38. The summed E-state index contributed by atoms with van der Waals surface area (Å²) in [5.74, 6) is -0.121. The highest BCUT2D eigenvalue weighted by molar-refractivity contribution is 7.16. The van der Waals surface area contributed by atoms with Gasteiger partial charge in [-0.15, -0.1) is 11.3 Å². The summed E-state index contributed by atoms with van der Waals surface area (Å²) in [5, 5.41) is 14.2. The summed E-state index contributed by atoms with van der Waals surface area (Å²) in [7, 11) is 0. The molecule has 0 radical (unpaired) electrons. The Labute approximate surface area is 184 Å². The second-order valence-corrected chi connectivity index (χ2v) is 9.34. The van der Waals surface area contributed by atoms with E-state index in [1.807, 2.05) is 42.5 Å². The molecule has 2 atom stereocenters.